The van der Waals surface area contributed by atoms with Crippen LogP contribution in [0.5, 0.6) is 0 Å². The van der Waals surface area contributed by atoms with Gasteiger partial charge in [0.25, 0.3) is 0 Å². The van der Waals surface area contributed by atoms with E-state index < -0.39 is 0 Å². The van der Waals surface area contributed by atoms with Crippen LogP contribution in [0, 0.1) is 13.8 Å². The lowest BCUT2D eigenvalue weighted by Crippen LogP contribution is -2.05. The topological polar surface area (TPSA) is 35.6 Å². The van der Waals surface area contributed by atoms with Crippen LogP contribution < -0.4 is 0 Å². The highest BCUT2D eigenvalue weighted by Gasteiger charge is 2.18. The van der Waals surface area contributed by atoms with Crippen molar-refractivity contribution in [2.45, 2.75) is 19.7 Å². The number of nitrogens with zero attached hydrogens (tertiary/aromatic N) is 4. The number of fused-ring (bicyclic) bond motifs is 1. The highest BCUT2D eigenvalue weighted by molar-refractivity contribution is 6.17. The second kappa shape index (κ2) is 4.38. The van der Waals surface area contributed by atoms with Crippen molar-refractivity contribution in [3.8, 4) is 5.69 Å². The van der Waals surface area contributed by atoms with Crippen LogP contribution in [0.2, 0.25) is 0 Å². The Labute approximate surface area is 116 Å². The number of halogens is 1. The zero-order valence-corrected chi connectivity index (χ0v) is 11.9. The Hall–Kier alpha value is -1.81. The van der Waals surface area contributed by atoms with Gasteiger partial charge in [0.05, 0.1) is 17.3 Å². The van der Waals surface area contributed by atoms with E-state index in [0.29, 0.717) is 5.88 Å². The fourth-order valence-corrected chi connectivity index (χ4v) is 2.65. The first-order chi connectivity index (χ1) is 9.13. The molecule has 1 aromatic carbocycles. The Morgan fingerprint density at radius 3 is 2.63 bits per heavy atom. The van der Waals surface area contributed by atoms with E-state index in [-0.39, 0.29) is 0 Å². The lowest BCUT2D eigenvalue weighted by molar-refractivity contribution is 0.754. The van der Waals surface area contributed by atoms with Gasteiger partial charge in [-0.3, -0.25) is 4.57 Å². The fraction of sp³-hybridized carbons (Fsp3) is 0.286. The maximum absolute atomic E-state index is 6.05. The van der Waals surface area contributed by atoms with Crippen LogP contribution >= 0.6 is 11.6 Å². The van der Waals surface area contributed by atoms with Crippen molar-refractivity contribution in [1.29, 1.82) is 0 Å². The normalized spacial score (nSPS) is 11.4. The number of hydrogen-bond acceptors (Lipinski definition) is 2. The third kappa shape index (κ3) is 1.75. The molecule has 2 heterocycles. The molecule has 0 radical (unpaired) electrons. The monoisotopic (exact) mass is 274 g/mol. The van der Waals surface area contributed by atoms with E-state index in [4.69, 9.17) is 11.6 Å². The molecule has 0 bridgehead atoms. The molecule has 0 aliphatic carbocycles. The summed E-state index contributed by atoms with van der Waals surface area (Å²) in [5, 5.41) is 4.43. The Morgan fingerprint density at radius 2 is 1.95 bits per heavy atom. The maximum atomic E-state index is 6.05. The SMILES string of the molecule is Cc1ccccc1-n1c(CCl)nc2c(C)nn(C)c21. The maximum Gasteiger partial charge on any atom is 0.163 e. The molecule has 0 aliphatic rings. The summed E-state index contributed by atoms with van der Waals surface area (Å²) in [4.78, 5) is 4.62. The number of para-hydroxylation sites is 1. The molecule has 0 aliphatic heterocycles. The largest absolute Gasteiger partial charge is 0.280 e. The van der Waals surface area contributed by atoms with E-state index in [9.17, 15) is 0 Å². The van der Waals surface area contributed by atoms with Gasteiger partial charge in [0.1, 0.15) is 11.3 Å². The number of imidazole rings is 1. The van der Waals surface area contributed by atoms with E-state index in [1.807, 2.05) is 30.8 Å². The summed E-state index contributed by atoms with van der Waals surface area (Å²) in [6, 6.07) is 8.22. The van der Waals surface area contributed by atoms with Crippen molar-refractivity contribution in [2.24, 2.45) is 7.05 Å². The smallest absolute Gasteiger partial charge is 0.163 e. The number of aromatic nitrogens is 4. The molecule has 0 spiro atoms. The second-order valence-electron chi connectivity index (χ2n) is 4.66. The molecular formula is C14H15ClN4. The summed E-state index contributed by atoms with van der Waals surface area (Å²) in [6.07, 6.45) is 0. The van der Waals surface area contributed by atoms with Crippen molar-refractivity contribution in [3.05, 3.63) is 41.3 Å². The quantitative estimate of drug-likeness (QED) is 0.673. The minimum atomic E-state index is 0.377. The predicted molar refractivity (Wildman–Crippen MR) is 76.9 cm³/mol. The van der Waals surface area contributed by atoms with Gasteiger partial charge in [-0.05, 0) is 25.5 Å². The average Bonchev–Trinajstić information content (AvgIpc) is 2.89. The van der Waals surface area contributed by atoms with Crippen LogP contribution in [0.3, 0.4) is 0 Å². The number of rotatable bonds is 2. The van der Waals surface area contributed by atoms with Crippen LogP contribution in [0.4, 0.5) is 0 Å². The summed E-state index contributed by atoms with van der Waals surface area (Å²) >= 11 is 6.05. The summed E-state index contributed by atoms with van der Waals surface area (Å²) in [6.45, 7) is 4.05. The molecular weight excluding hydrogens is 260 g/mol. The van der Waals surface area contributed by atoms with Gasteiger partial charge in [0.2, 0.25) is 0 Å². The lowest BCUT2D eigenvalue weighted by atomic mass is 10.2. The van der Waals surface area contributed by atoms with E-state index in [0.717, 1.165) is 28.4 Å². The molecule has 5 heteroatoms. The highest BCUT2D eigenvalue weighted by atomic mass is 35.5. The standard InChI is InChI=1S/C14H15ClN4/c1-9-6-4-5-7-11(9)19-12(8-15)16-13-10(2)17-18(3)14(13)19/h4-7H,8H2,1-3H3. The number of aryl methyl sites for hydroxylation is 3. The van der Waals surface area contributed by atoms with Crippen molar-refractivity contribution in [3.63, 3.8) is 0 Å². The van der Waals surface area contributed by atoms with Gasteiger partial charge in [-0.25, -0.2) is 9.67 Å². The van der Waals surface area contributed by atoms with E-state index in [1.54, 1.807) is 0 Å². The van der Waals surface area contributed by atoms with Gasteiger partial charge in [0.15, 0.2) is 5.65 Å². The van der Waals surface area contributed by atoms with E-state index >= 15 is 0 Å². The molecule has 3 rings (SSSR count). The molecule has 98 valence electrons. The molecule has 0 amide bonds. The summed E-state index contributed by atoms with van der Waals surface area (Å²) in [7, 11) is 1.93. The molecule has 4 nitrogen and oxygen atoms in total. The zero-order chi connectivity index (χ0) is 13.6. The van der Waals surface area contributed by atoms with Crippen molar-refractivity contribution >= 4 is 22.8 Å². The first-order valence-corrected chi connectivity index (χ1v) is 6.70. The minimum Gasteiger partial charge on any atom is -0.280 e. The summed E-state index contributed by atoms with van der Waals surface area (Å²) in [5.74, 6) is 1.23. The third-order valence-corrected chi connectivity index (χ3v) is 3.59. The average molecular weight is 275 g/mol. The minimum absolute atomic E-state index is 0.377. The van der Waals surface area contributed by atoms with Gasteiger partial charge >= 0.3 is 0 Å². The van der Waals surface area contributed by atoms with Crippen LogP contribution in [0.15, 0.2) is 24.3 Å². The van der Waals surface area contributed by atoms with E-state index in [1.165, 1.54) is 5.56 Å². The first-order valence-electron chi connectivity index (χ1n) is 6.16. The first kappa shape index (κ1) is 12.2. The van der Waals surface area contributed by atoms with Gasteiger partial charge < -0.3 is 0 Å². The summed E-state index contributed by atoms with van der Waals surface area (Å²) < 4.78 is 3.96. The second-order valence-corrected chi connectivity index (χ2v) is 4.93. The molecule has 0 saturated heterocycles. The van der Waals surface area contributed by atoms with Crippen LogP contribution in [-0.4, -0.2) is 19.3 Å². The summed E-state index contributed by atoms with van der Waals surface area (Å²) in [5.41, 5.74) is 5.12. The van der Waals surface area contributed by atoms with Crippen LogP contribution in [0.1, 0.15) is 17.1 Å². The van der Waals surface area contributed by atoms with Crippen molar-refractivity contribution in [1.82, 2.24) is 19.3 Å². The lowest BCUT2D eigenvalue weighted by Gasteiger charge is -2.10. The molecule has 19 heavy (non-hydrogen) atoms. The molecule has 2 aromatic heterocycles. The van der Waals surface area contributed by atoms with E-state index in [2.05, 4.69) is 33.7 Å². The Kier molecular flexibility index (Phi) is 2.82. The van der Waals surface area contributed by atoms with Gasteiger partial charge in [-0.15, -0.1) is 11.6 Å². The molecule has 0 fully saturated rings. The molecule has 0 saturated carbocycles. The fourth-order valence-electron chi connectivity index (χ4n) is 2.47. The molecule has 0 atom stereocenters. The van der Waals surface area contributed by atoms with Gasteiger partial charge in [-0.2, -0.15) is 5.10 Å². The Balaban J connectivity index is 2.42. The molecule has 3 aromatic rings. The van der Waals surface area contributed by atoms with Crippen molar-refractivity contribution in [2.75, 3.05) is 0 Å². The highest BCUT2D eigenvalue weighted by Crippen LogP contribution is 2.25. The predicted octanol–water partition coefficient (Wildman–Crippen LogP) is 3.11. The Bertz CT molecular complexity index is 754. The van der Waals surface area contributed by atoms with Gasteiger partial charge in [0, 0.05) is 7.05 Å². The van der Waals surface area contributed by atoms with Crippen molar-refractivity contribution < 1.29 is 0 Å². The molecule has 0 unspecified atom stereocenters. The Morgan fingerprint density at radius 1 is 1.21 bits per heavy atom. The van der Waals surface area contributed by atoms with Crippen LogP contribution in [0.25, 0.3) is 16.9 Å². The number of benzene rings is 1. The van der Waals surface area contributed by atoms with Gasteiger partial charge in [-0.1, -0.05) is 18.2 Å². The zero-order valence-electron chi connectivity index (χ0n) is 11.2. The third-order valence-electron chi connectivity index (χ3n) is 3.35. The number of alkyl halides is 1. The molecule has 0 N–H and O–H groups in total. The number of hydrogen-bond donors (Lipinski definition) is 0. The van der Waals surface area contributed by atoms with Crippen LogP contribution in [-0.2, 0) is 12.9 Å².